The number of hydrogen-bond donors (Lipinski definition) is 1. The summed E-state index contributed by atoms with van der Waals surface area (Å²) in [5, 5.41) is 3.72. The molecule has 0 aromatic heterocycles. The highest BCUT2D eigenvalue weighted by molar-refractivity contribution is 5.48. The molecule has 1 aliphatic rings. The van der Waals surface area contributed by atoms with Crippen LogP contribution in [-0.2, 0) is 0 Å². The zero-order chi connectivity index (χ0) is 13.3. The van der Waals surface area contributed by atoms with E-state index in [1.165, 1.54) is 44.1 Å². The van der Waals surface area contributed by atoms with E-state index in [9.17, 15) is 0 Å². The molecule has 2 rings (SSSR count). The predicted octanol–water partition coefficient (Wildman–Crippen LogP) is 4.65. The first-order chi connectivity index (χ1) is 9.40. The molecule has 1 unspecified atom stereocenters. The summed E-state index contributed by atoms with van der Waals surface area (Å²) in [5.74, 6) is 0.906. The maximum atomic E-state index is 3.72. The fourth-order valence-corrected chi connectivity index (χ4v) is 3.16. The topological polar surface area (TPSA) is 12.0 Å². The number of benzene rings is 1. The van der Waals surface area contributed by atoms with Crippen LogP contribution < -0.4 is 5.32 Å². The average molecular weight is 257 g/mol. The highest BCUT2D eigenvalue weighted by Gasteiger charge is 2.21. The van der Waals surface area contributed by atoms with Crippen molar-refractivity contribution < 1.29 is 0 Å². The van der Waals surface area contributed by atoms with Gasteiger partial charge < -0.3 is 5.32 Å². The van der Waals surface area contributed by atoms with Gasteiger partial charge in [0.25, 0.3) is 0 Å². The third kappa shape index (κ3) is 4.83. The van der Waals surface area contributed by atoms with Crippen LogP contribution in [0.15, 0.2) is 36.4 Å². The minimum atomic E-state index is 0.709. The number of hydrogen-bond acceptors (Lipinski definition) is 1. The molecule has 1 nitrogen and oxygen atoms in total. The maximum absolute atomic E-state index is 3.72. The van der Waals surface area contributed by atoms with E-state index in [0.717, 1.165) is 12.5 Å². The molecule has 1 N–H and O–H groups in total. The Balaban J connectivity index is 1.75. The summed E-state index contributed by atoms with van der Waals surface area (Å²) in [5.41, 5.74) is 1.29. The summed E-state index contributed by atoms with van der Waals surface area (Å²) >= 11 is 0. The van der Waals surface area contributed by atoms with Gasteiger partial charge in [-0.2, -0.15) is 0 Å². The monoisotopic (exact) mass is 257 g/mol. The Morgan fingerprint density at radius 1 is 1.16 bits per heavy atom. The van der Waals surface area contributed by atoms with E-state index in [1.54, 1.807) is 0 Å². The van der Waals surface area contributed by atoms with Gasteiger partial charge >= 0.3 is 0 Å². The quantitative estimate of drug-likeness (QED) is 0.782. The predicted molar refractivity (Wildman–Crippen MR) is 84.1 cm³/mol. The summed E-state index contributed by atoms with van der Waals surface area (Å²) in [4.78, 5) is 0. The number of nitrogens with one attached hydrogen (secondary N) is 1. The molecule has 104 valence electrons. The van der Waals surface area contributed by atoms with Crippen molar-refractivity contribution >= 4 is 6.08 Å². The standard InChI is InChI=1S/C18H27N/c1-2-18(17-13-7-4-8-14-17)19-15-9-12-16-10-5-3-6-11-16/h3,5-6,9-12,17-19H,2,4,7-8,13-15H2,1H3/b12-9+. The second-order valence-electron chi connectivity index (χ2n) is 5.63. The van der Waals surface area contributed by atoms with Crippen molar-refractivity contribution in [3.05, 3.63) is 42.0 Å². The van der Waals surface area contributed by atoms with Crippen LogP contribution in [0.5, 0.6) is 0 Å². The van der Waals surface area contributed by atoms with E-state index in [0.29, 0.717) is 6.04 Å². The van der Waals surface area contributed by atoms with Gasteiger partial charge in [-0.1, -0.05) is 68.7 Å². The normalized spacial score (nSPS) is 18.8. The first-order valence-corrected chi connectivity index (χ1v) is 7.85. The Kier molecular flexibility index (Phi) is 6.16. The lowest BCUT2D eigenvalue weighted by molar-refractivity contribution is 0.268. The van der Waals surface area contributed by atoms with Crippen molar-refractivity contribution in [1.29, 1.82) is 0 Å². The first-order valence-electron chi connectivity index (χ1n) is 7.85. The Hall–Kier alpha value is -1.08. The molecule has 1 aromatic rings. The Morgan fingerprint density at radius 3 is 2.58 bits per heavy atom. The Labute approximate surface area is 118 Å². The summed E-state index contributed by atoms with van der Waals surface area (Å²) in [6.07, 6.45) is 12.9. The molecule has 1 aromatic carbocycles. The molecule has 0 amide bonds. The second kappa shape index (κ2) is 8.16. The van der Waals surface area contributed by atoms with Gasteiger partial charge in [0.1, 0.15) is 0 Å². The molecule has 0 saturated heterocycles. The van der Waals surface area contributed by atoms with Crippen molar-refractivity contribution in [1.82, 2.24) is 5.32 Å². The van der Waals surface area contributed by atoms with Gasteiger partial charge in [0.2, 0.25) is 0 Å². The van der Waals surface area contributed by atoms with Gasteiger partial charge in [-0.15, -0.1) is 0 Å². The molecule has 1 heteroatoms. The molecule has 0 spiro atoms. The minimum absolute atomic E-state index is 0.709. The van der Waals surface area contributed by atoms with Gasteiger partial charge in [-0.3, -0.25) is 0 Å². The summed E-state index contributed by atoms with van der Waals surface area (Å²) in [6, 6.07) is 11.2. The molecule has 1 fully saturated rings. The average Bonchev–Trinajstić information content (AvgIpc) is 2.49. The lowest BCUT2D eigenvalue weighted by atomic mass is 9.83. The summed E-state index contributed by atoms with van der Waals surface area (Å²) in [7, 11) is 0. The van der Waals surface area contributed by atoms with Crippen LogP contribution in [0.3, 0.4) is 0 Å². The van der Waals surface area contributed by atoms with Crippen LogP contribution in [-0.4, -0.2) is 12.6 Å². The van der Waals surface area contributed by atoms with Gasteiger partial charge in [-0.25, -0.2) is 0 Å². The van der Waals surface area contributed by atoms with Crippen LogP contribution in [0.1, 0.15) is 51.0 Å². The first kappa shape index (κ1) is 14.3. The van der Waals surface area contributed by atoms with Gasteiger partial charge in [0, 0.05) is 12.6 Å². The van der Waals surface area contributed by atoms with E-state index in [4.69, 9.17) is 0 Å². The van der Waals surface area contributed by atoms with E-state index in [1.807, 2.05) is 0 Å². The smallest absolute Gasteiger partial charge is 0.0140 e. The van der Waals surface area contributed by atoms with Crippen molar-refractivity contribution in [3.63, 3.8) is 0 Å². The third-order valence-corrected chi connectivity index (χ3v) is 4.27. The molecule has 19 heavy (non-hydrogen) atoms. The molecule has 0 aliphatic heterocycles. The SMILES string of the molecule is CCC(NC/C=C/c1ccccc1)C1CCCCC1. The highest BCUT2D eigenvalue weighted by atomic mass is 14.9. The Morgan fingerprint density at radius 2 is 1.89 bits per heavy atom. The Bertz CT molecular complexity index is 363. The lowest BCUT2D eigenvalue weighted by Gasteiger charge is -2.30. The van der Waals surface area contributed by atoms with Crippen molar-refractivity contribution in [3.8, 4) is 0 Å². The van der Waals surface area contributed by atoms with Crippen LogP contribution in [0.25, 0.3) is 6.08 Å². The van der Waals surface area contributed by atoms with E-state index in [2.05, 4.69) is 54.7 Å². The van der Waals surface area contributed by atoms with Gasteiger partial charge in [0.15, 0.2) is 0 Å². The van der Waals surface area contributed by atoms with E-state index >= 15 is 0 Å². The van der Waals surface area contributed by atoms with Crippen molar-refractivity contribution in [2.24, 2.45) is 5.92 Å². The lowest BCUT2D eigenvalue weighted by Crippen LogP contribution is -2.36. The number of rotatable bonds is 6. The maximum Gasteiger partial charge on any atom is 0.0140 e. The third-order valence-electron chi connectivity index (χ3n) is 4.27. The molecule has 1 saturated carbocycles. The van der Waals surface area contributed by atoms with Crippen molar-refractivity contribution in [2.75, 3.05) is 6.54 Å². The fraction of sp³-hybridized carbons (Fsp3) is 0.556. The summed E-state index contributed by atoms with van der Waals surface area (Å²) in [6.45, 7) is 3.30. The summed E-state index contributed by atoms with van der Waals surface area (Å²) < 4.78 is 0. The molecular weight excluding hydrogens is 230 g/mol. The van der Waals surface area contributed by atoms with E-state index < -0.39 is 0 Å². The van der Waals surface area contributed by atoms with Crippen LogP contribution in [0.2, 0.25) is 0 Å². The van der Waals surface area contributed by atoms with Crippen LogP contribution in [0, 0.1) is 5.92 Å². The van der Waals surface area contributed by atoms with Gasteiger partial charge in [-0.05, 0) is 30.7 Å². The molecule has 0 bridgehead atoms. The molecular formula is C18H27N. The van der Waals surface area contributed by atoms with E-state index in [-0.39, 0.29) is 0 Å². The largest absolute Gasteiger partial charge is 0.310 e. The molecule has 1 atom stereocenters. The molecule has 1 aliphatic carbocycles. The second-order valence-corrected chi connectivity index (χ2v) is 5.63. The van der Waals surface area contributed by atoms with Crippen LogP contribution in [0.4, 0.5) is 0 Å². The van der Waals surface area contributed by atoms with Crippen LogP contribution >= 0.6 is 0 Å². The zero-order valence-electron chi connectivity index (χ0n) is 12.1. The van der Waals surface area contributed by atoms with Crippen molar-refractivity contribution in [2.45, 2.75) is 51.5 Å². The molecule has 0 radical (unpaired) electrons. The minimum Gasteiger partial charge on any atom is -0.310 e. The van der Waals surface area contributed by atoms with Gasteiger partial charge in [0.05, 0.1) is 0 Å². The fourth-order valence-electron chi connectivity index (χ4n) is 3.16. The highest BCUT2D eigenvalue weighted by Crippen LogP contribution is 2.27. The molecule has 0 heterocycles. The zero-order valence-corrected chi connectivity index (χ0v) is 12.1.